The number of ether oxygens (including phenoxy) is 5. The van der Waals surface area contributed by atoms with Crippen molar-refractivity contribution in [3.05, 3.63) is 77.6 Å². The molecule has 0 bridgehead atoms. The van der Waals surface area contributed by atoms with Crippen LogP contribution in [0.1, 0.15) is 75.6 Å². The van der Waals surface area contributed by atoms with E-state index in [1.807, 2.05) is 20.8 Å². The molecule has 0 radical (unpaired) electrons. The molecule has 0 amide bonds. The van der Waals surface area contributed by atoms with Crippen LogP contribution in [0.2, 0.25) is 0 Å². The normalized spacial score (nSPS) is 36.1. The van der Waals surface area contributed by atoms with Gasteiger partial charge in [-0.25, -0.2) is 9.59 Å². The molecule has 0 unspecified atom stereocenters. The predicted octanol–water partition coefficient (Wildman–Crippen LogP) is 4.68. The van der Waals surface area contributed by atoms with Gasteiger partial charge in [-0.15, -0.1) is 0 Å². The number of rotatable bonds is 6. The fraction of sp³-hybridized carbons (Fsp3) is 0.514. The molecule has 1 saturated heterocycles. The van der Waals surface area contributed by atoms with Crippen LogP contribution in [0.4, 0.5) is 0 Å². The van der Waals surface area contributed by atoms with Gasteiger partial charge >= 0.3 is 23.9 Å². The monoisotopic (exact) mass is 659 g/mol. The minimum Gasteiger partial charge on any atom is -0.461 e. The van der Waals surface area contributed by atoms with Crippen molar-refractivity contribution in [3.63, 3.8) is 0 Å². The van der Waals surface area contributed by atoms with Crippen LogP contribution < -0.4 is 0 Å². The van der Waals surface area contributed by atoms with E-state index in [2.05, 4.69) is 4.98 Å². The largest absolute Gasteiger partial charge is 0.461 e. The average Bonchev–Trinajstić information content (AvgIpc) is 3.84. The highest BCUT2D eigenvalue weighted by Crippen LogP contribution is 2.69. The third kappa shape index (κ3) is 5.41. The number of benzene rings is 1. The lowest BCUT2D eigenvalue weighted by atomic mass is 9.80. The van der Waals surface area contributed by atoms with Gasteiger partial charge in [-0.3, -0.25) is 19.4 Å². The first-order chi connectivity index (χ1) is 22.6. The first-order valence-corrected chi connectivity index (χ1v) is 16.3. The zero-order valence-corrected chi connectivity index (χ0v) is 28.1. The van der Waals surface area contributed by atoms with Crippen molar-refractivity contribution in [1.29, 1.82) is 0 Å². The van der Waals surface area contributed by atoms with Crippen LogP contribution in [0.5, 0.6) is 0 Å². The molecule has 10 atom stereocenters. The highest BCUT2D eigenvalue weighted by Gasteiger charge is 2.84. The first kappa shape index (κ1) is 33.5. The fourth-order valence-electron chi connectivity index (χ4n) is 8.45. The lowest BCUT2D eigenvalue weighted by Gasteiger charge is -2.31. The molecule has 254 valence electrons. The second kappa shape index (κ2) is 11.9. The summed E-state index contributed by atoms with van der Waals surface area (Å²) in [5.41, 5.74) is -2.46. The molecule has 1 aromatic heterocycles. The van der Waals surface area contributed by atoms with E-state index in [9.17, 15) is 24.0 Å². The summed E-state index contributed by atoms with van der Waals surface area (Å²) in [7, 11) is 0. The number of fused-ring (bicyclic) bond motifs is 1. The van der Waals surface area contributed by atoms with Crippen LogP contribution in [-0.4, -0.2) is 70.3 Å². The van der Waals surface area contributed by atoms with Gasteiger partial charge in [0.15, 0.2) is 23.1 Å². The Hall–Kier alpha value is -4.38. The minimum absolute atomic E-state index is 0.194. The lowest BCUT2D eigenvalue weighted by molar-refractivity contribution is -0.154. The Balaban J connectivity index is 1.54. The fourth-order valence-corrected chi connectivity index (χ4v) is 8.45. The molecule has 0 N–H and O–H groups in total. The molecule has 4 aliphatic rings. The number of Topliss-reactive ketones (excluding diaryl/α,β-unsaturated/α-hetero) is 1. The number of hydrogen-bond donors (Lipinski definition) is 0. The van der Waals surface area contributed by atoms with Crippen LogP contribution in [-0.2, 0) is 38.1 Å². The van der Waals surface area contributed by atoms with Crippen LogP contribution in [0.3, 0.4) is 0 Å². The SMILES string of the molecule is CC(=O)O[C@@H]1[C@@H]2[C@H]([C@H](OC(=O)c3cccnc3)[C@H](OC(=O)c3ccccc3)C(C)=C[C@@]34O[C@@]3(C[C@H](C)[C@@H]4OC(C)=O)C(=O)[C@@H]1C)C2(C)C. The Morgan fingerprint density at radius 3 is 2.08 bits per heavy atom. The summed E-state index contributed by atoms with van der Waals surface area (Å²) in [6.07, 6.45) is 0.880. The van der Waals surface area contributed by atoms with Gasteiger partial charge in [-0.1, -0.05) is 45.9 Å². The van der Waals surface area contributed by atoms with Gasteiger partial charge in [-0.2, -0.15) is 0 Å². The number of carbonyl (C=O) groups excluding carboxylic acids is 5. The van der Waals surface area contributed by atoms with Crippen molar-refractivity contribution >= 4 is 29.7 Å². The van der Waals surface area contributed by atoms with E-state index in [0.29, 0.717) is 5.57 Å². The van der Waals surface area contributed by atoms with Gasteiger partial charge in [0.05, 0.1) is 17.0 Å². The van der Waals surface area contributed by atoms with Gasteiger partial charge in [0.1, 0.15) is 18.3 Å². The van der Waals surface area contributed by atoms with Gasteiger partial charge < -0.3 is 23.7 Å². The van der Waals surface area contributed by atoms with Gasteiger partial charge in [-0.05, 0) is 60.6 Å². The van der Waals surface area contributed by atoms with Gasteiger partial charge in [0.2, 0.25) is 0 Å². The Morgan fingerprint density at radius 2 is 1.46 bits per heavy atom. The Kier molecular flexibility index (Phi) is 8.34. The second-order valence-electron chi connectivity index (χ2n) is 14.2. The topological polar surface area (TPSA) is 148 Å². The summed E-state index contributed by atoms with van der Waals surface area (Å²) in [6.45, 7) is 11.8. The molecule has 2 heterocycles. The van der Waals surface area contributed by atoms with Crippen LogP contribution >= 0.6 is 0 Å². The molecule has 11 heteroatoms. The average molecular weight is 660 g/mol. The van der Waals surface area contributed by atoms with E-state index in [0.717, 1.165) is 0 Å². The zero-order valence-electron chi connectivity index (χ0n) is 28.1. The van der Waals surface area contributed by atoms with E-state index in [1.165, 1.54) is 26.2 Å². The van der Waals surface area contributed by atoms with Crippen LogP contribution in [0.15, 0.2) is 66.5 Å². The number of esters is 4. The van der Waals surface area contributed by atoms with Gasteiger partial charge in [0, 0.05) is 38.1 Å². The highest BCUT2D eigenvalue weighted by molar-refractivity contribution is 5.96. The molecule has 2 saturated carbocycles. The van der Waals surface area contributed by atoms with Crippen molar-refractivity contribution in [3.8, 4) is 0 Å². The standard InChI is InChI=1S/C37H41NO10/c1-19-16-37-32(45-23(5)40)20(2)17-36(37,48-37)31(41)21(3)29(44-22(4)39)26-27(35(26,6)7)30(47-34(43)25-14-11-15-38-18-25)28(19)46-33(42)24-12-9-8-10-13-24/h8-16,18,20-21,26-30,32H,17H2,1-7H3/t20-,21+,26-,27+,28+,29-,30-,32-,36-,37-/m0/s1. The molecule has 48 heavy (non-hydrogen) atoms. The molecule has 0 spiro atoms. The number of aromatic nitrogens is 1. The van der Waals surface area contributed by atoms with Crippen molar-refractivity contribution < 1.29 is 47.7 Å². The predicted molar refractivity (Wildman–Crippen MR) is 169 cm³/mol. The summed E-state index contributed by atoms with van der Waals surface area (Å²) in [5.74, 6) is -4.81. The molecule has 3 fully saturated rings. The van der Waals surface area contributed by atoms with E-state index >= 15 is 0 Å². The molecular weight excluding hydrogens is 618 g/mol. The minimum atomic E-state index is -1.38. The molecule has 3 aliphatic carbocycles. The third-order valence-corrected chi connectivity index (χ3v) is 10.7. The van der Waals surface area contributed by atoms with Crippen molar-refractivity contribution in [2.24, 2.45) is 29.1 Å². The van der Waals surface area contributed by atoms with E-state index in [-0.39, 0.29) is 29.2 Å². The number of epoxide rings is 1. The maximum Gasteiger partial charge on any atom is 0.340 e. The Morgan fingerprint density at radius 1 is 0.833 bits per heavy atom. The smallest absolute Gasteiger partial charge is 0.340 e. The number of ketones is 1. The summed E-state index contributed by atoms with van der Waals surface area (Å²) < 4.78 is 30.7. The van der Waals surface area contributed by atoms with Gasteiger partial charge in [0.25, 0.3) is 0 Å². The molecule has 11 nitrogen and oxygen atoms in total. The van der Waals surface area contributed by atoms with E-state index in [1.54, 1.807) is 62.4 Å². The van der Waals surface area contributed by atoms with Crippen molar-refractivity contribution in [2.45, 2.75) is 90.5 Å². The summed E-state index contributed by atoms with van der Waals surface area (Å²) in [6, 6.07) is 11.6. The van der Waals surface area contributed by atoms with Crippen LogP contribution in [0, 0.1) is 29.1 Å². The molecule has 1 aromatic carbocycles. The summed E-state index contributed by atoms with van der Waals surface area (Å²) in [5, 5.41) is 0. The van der Waals surface area contributed by atoms with Crippen molar-refractivity contribution in [1.82, 2.24) is 4.98 Å². The van der Waals surface area contributed by atoms with E-state index < -0.39 is 82.7 Å². The lowest BCUT2D eigenvalue weighted by Crippen LogP contribution is -2.43. The number of nitrogens with zero attached hydrogens (tertiary/aromatic N) is 1. The maximum absolute atomic E-state index is 14.6. The maximum atomic E-state index is 14.6. The highest BCUT2D eigenvalue weighted by atomic mass is 16.7. The Bertz CT molecular complexity index is 1670. The summed E-state index contributed by atoms with van der Waals surface area (Å²) in [4.78, 5) is 71.0. The quantitative estimate of drug-likeness (QED) is 0.184. The molecule has 2 aromatic rings. The number of pyridine rings is 1. The zero-order chi connectivity index (χ0) is 34.8. The Labute approximate surface area is 279 Å². The molecule has 1 aliphatic heterocycles. The van der Waals surface area contributed by atoms with Crippen molar-refractivity contribution in [2.75, 3.05) is 0 Å². The number of hydrogen-bond acceptors (Lipinski definition) is 11. The molecule has 6 rings (SSSR count). The first-order valence-electron chi connectivity index (χ1n) is 16.3. The third-order valence-electron chi connectivity index (χ3n) is 10.7. The molecular formula is C37H41NO10. The summed E-state index contributed by atoms with van der Waals surface area (Å²) >= 11 is 0. The van der Waals surface area contributed by atoms with E-state index in [4.69, 9.17) is 23.7 Å². The second-order valence-corrected chi connectivity index (χ2v) is 14.2. The van der Waals surface area contributed by atoms with Crippen LogP contribution in [0.25, 0.3) is 0 Å². The number of carbonyl (C=O) groups is 5.